The van der Waals surface area contributed by atoms with Gasteiger partial charge in [0.15, 0.2) is 0 Å². The Morgan fingerprint density at radius 1 is 0.981 bits per heavy atom. The topological polar surface area (TPSA) is 149 Å². The van der Waals surface area contributed by atoms with Gasteiger partial charge in [-0.3, -0.25) is 9.59 Å². The number of benzene rings is 2. The summed E-state index contributed by atoms with van der Waals surface area (Å²) in [6.07, 6.45) is 7.68. The number of carbonyl (C=O) groups is 3. The second kappa shape index (κ2) is 16.3. The third-order valence-electron chi connectivity index (χ3n) is 9.97. The number of fused-ring (bicyclic) bond motifs is 1. The van der Waals surface area contributed by atoms with Crippen LogP contribution < -0.4 is 5.32 Å². The van der Waals surface area contributed by atoms with Gasteiger partial charge in [-0.2, -0.15) is 0 Å². The quantitative estimate of drug-likeness (QED) is 0.106. The van der Waals surface area contributed by atoms with Crippen LogP contribution in [0.3, 0.4) is 0 Å². The number of aromatic amines is 2. The lowest BCUT2D eigenvalue weighted by Gasteiger charge is -2.26. The molecule has 3 N–H and O–H groups in total. The number of H-pyrrole nitrogens is 2. The molecule has 0 aliphatic carbocycles. The molecule has 1 saturated heterocycles. The number of methoxy groups -OCH3 is 1. The van der Waals surface area contributed by atoms with Crippen molar-refractivity contribution < 1.29 is 23.5 Å². The van der Waals surface area contributed by atoms with E-state index in [1.165, 1.54) is 7.11 Å². The lowest BCUT2D eigenvalue weighted by Crippen LogP contribution is -2.48. The first-order valence-electron chi connectivity index (χ1n) is 18.4. The smallest absolute Gasteiger partial charge is 0.407 e. The van der Waals surface area contributed by atoms with Crippen molar-refractivity contribution in [1.29, 1.82) is 0 Å². The number of nitrogens with one attached hydrogen (secondary N) is 3. The first kappa shape index (κ1) is 36.4. The van der Waals surface area contributed by atoms with E-state index in [9.17, 15) is 14.4 Å². The number of ether oxygens (including phenoxy) is 1. The Kier molecular flexibility index (Phi) is 11.4. The summed E-state index contributed by atoms with van der Waals surface area (Å²) >= 11 is 0. The second-order valence-corrected chi connectivity index (χ2v) is 13.7. The third kappa shape index (κ3) is 8.06. The van der Waals surface area contributed by atoms with Crippen molar-refractivity contribution in [3.05, 3.63) is 72.6 Å². The van der Waals surface area contributed by atoms with Crippen LogP contribution in [0.4, 0.5) is 4.79 Å². The van der Waals surface area contributed by atoms with E-state index in [4.69, 9.17) is 14.1 Å². The normalized spacial score (nSPS) is 15.5. The molecule has 3 aromatic heterocycles. The second-order valence-electron chi connectivity index (χ2n) is 13.7. The van der Waals surface area contributed by atoms with Crippen LogP contribution in [-0.4, -0.2) is 73.9 Å². The first-order chi connectivity index (χ1) is 25.2. The maximum atomic E-state index is 13.2. The molecule has 1 fully saturated rings. The molecule has 0 spiro atoms. The molecule has 1 aliphatic heterocycles. The van der Waals surface area contributed by atoms with Crippen molar-refractivity contribution in [3.8, 4) is 33.8 Å². The summed E-state index contributed by atoms with van der Waals surface area (Å²) in [5.41, 5.74) is 5.43. The van der Waals surface area contributed by atoms with Crippen molar-refractivity contribution >= 4 is 28.9 Å². The standard InChI is InChI=1S/C40H49N7O5/c1-6-17-46(39(49)30(8-3)45-40(50)51-5)24-36-41-22-31(43-36)26-11-13-27(14-12-26)35-21-29-20-28(15-16-34(29)52-35)32-23-42-38(44-32)33-10-9-18-47(33)37(48)19-25(4)7-2/h11-16,20-23,25,30,33H,6-10,17-19,24H2,1-5H3,(H,41,43)(H,42,44)(H,45,50)/t25-,30+,33+/m1/s1. The maximum Gasteiger partial charge on any atom is 0.407 e. The average molecular weight is 708 g/mol. The number of alkyl carbamates (subject to hydrolysis) is 1. The number of amides is 3. The van der Waals surface area contributed by atoms with Gasteiger partial charge in [-0.25, -0.2) is 14.8 Å². The van der Waals surface area contributed by atoms with E-state index in [0.717, 1.165) is 82.9 Å². The fraction of sp³-hybridized carbons (Fsp3) is 0.425. The van der Waals surface area contributed by atoms with E-state index in [2.05, 4.69) is 40.2 Å². The Morgan fingerprint density at radius 3 is 2.44 bits per heavy atom. The highest BCUT2D eigenvalue weighted by Gasteiger charge is 2.32. The minimum absolute atomic E-state index is 0.0127. The third-order valence-corrected chi connectivity index (χ3v) is 9.97. The minimum Gasteiger partial charge on any atom is -0.456 e. The van der Waals surface area contributed by atoms with Crippen LogP contribution in [0.1, 0.15) is 83.9 Å². The molecule has 0 bridgehead atoms. The summed E-state index contributed by atoms with van der Waals surface area (Å²) in [6.45, 7) is 9.71. The average Bonchev–Trinajstić information content (AvgIpc) is 3.99. The number of likely N-dealkylation sites (tertiary alicyclic amines) is 1. The zero-order chi connectivity index (χ0) is 36.8. The van der Waals surface area contributed by atoms with Gasteiger partial charge in [0.2, 0.25) is 11.8 Å². The van der Waals surface area contributed by atoms with Crippen molar-refractivity contribution in [2.45, 2.75) is 84.8 Å². The van der Waals surface area contributed by atoms with Crippen LogP contribution >= 0.6 is 0 Å². The number of aromatic nitrogens is 4. The van der Waals surface area contributed by atoms with Crippen molar-refractivity contribution in [2.24, 2.45) is 5.92 Å². The molecule has 0 saturated carbocycles. The molecule has 12 heteroatoms. The number of carbonyl (C=O) groups excluding carboxylic acids is 3. The van der Waals surface area contributed by atoms with Crippen LogP contribution in [0.5, 0.6) is 0 Å². The molecule has 3 atom stereocenters. The number of nitrogens with zero attached hydrogens (tertiary/aromatic N) is 4. The maximum absolute atomic E-state index is 13.2. The summed E-state index contributed by atoms with van der Waals surface area (Å²) in [4.78, 5) is 57.8. The Bertz CT molecular complexity index is 1990. The van der Waals surface area contributed by atoms with Gasteiger partial charge in [-0.15, -0.1) is 0 Å². The minimum atomic E-state index is -0.672. The van der Waals surface area contributed by atoms with Crippen LogP contribution in [0.2, 0.25) is 0 Å². The zero-order valence-corrected chi connectivity index (χ0v) is 30.7. The Labute approximate surface area is 304 Å². The highest BCUT2D eigenvalue weighted by Crippen LogP contribution is 2.35. The number of hydrogen-bond donors (Lipinski definition) is 3. The van der Waals surface area contributed by atoms with Gasteiger partial charge in [-0.05, 0) is 61.4 Å². The largest absolute Gasteiger partial charge is 0.456 e. The van der Waals surface area contributed by atoms with E-state index in [0.29, 0.717) is 37.7 Å². The molecule has 0 radical (unpaired) electrons. The van der Waals surface area contributed by atoms with Gasteiger partial charge in [0.05, 0.1) is 43.5 Å². The molecule has 0 unspecified atom stereocenters. The van der Waals surface area contributed by atoms with Crippen LogP contribution in [0.25, 0.3) is 44.8 Å². The van der Waals surface area contributed by atoms with E-state index < -0.39 is 12.1 Å². The van der Waals surface area contributed by atoms with Gasteiger partial charge < -0.3 is 34.2 Å². The molecule has 4 heterocycles. The molecular weight excluding hydrogens is 658 g/mol. The van der Waals surface area contributed by atoms with Crippen molar-refractivity contribution in [1.82, 2.24) is 35.1 Å². The first-order valence-corrected chi connectivity index (χ1v) is 18.4. The number of hydrogen-bond acceptors (Lipinski definition) is 7. The lowest BCUT2D eigenvalue weighted by molar-refractivity contribution is -0.134. The van der Waals surface area contributed by atoms with E-state index in [-0.39, 0.29) is 17.9 Å². The fourth-order valence-corrected chi connectivity index (χ4v) is 6.80. The van der Waals surface area contributed by atoms with E-state index >= 15 is 0 Å². The number of furan rings is 1. The molecule has 52 heavy (non-hydrogen) atoms. The predicted octanol–water partition coefficient (Wildman–Crippen LogP) is 7.85. The molecule has 6 rings (SSSR count). The van der Waals surface area contributed by atoms with Gasteiger partial charge in [0.1, 0.15) is 29.0 Å². The lowest BCUT2D eigenvalue weighted by atomic mass is 10.0. The molecule has 274 valence electrons. The summed E-state index contributed by atoms with van der Waals surface area (Å²) in [6, 6.07) is 15.5. The Hall–Kier alpha value is -5.39. The van der Waals surface area contributed by atoms with E-state index in [1.54, 1.807) is 11.1 Å². The van der Waals surface area contributed by atoms with Crippen molar-refractivity contribution in [2.75, 3.05) is 20.2 Å². The number of imidazole rings is 2. The number of rotatable bonds is 14. The molecule has 1 aliphatic rings. The zero-order valence-electron chi connectivity index (χ0n) is 30.7. The van der Waals surface area contributed by atoms with Gasteiger partial charge in [0, 0.05) is 36.0 Å². The van der Waals surface area contributed by atoms with Gasteiger partial charge in [-0.1, -0.05) is 58.4 Å². The molecule has 5 aromatic rings. The summed E-state index contributed by atoms with van der Waals surface area (Å²) in [5.74, 6) is 2.67. The highest BCUT2D eigenvalue weighted by molar-refractivity contribution is 5.87. The van der Waals surface area contributed by atoms with Crippen LogP contribution in [0, 0.1) is 5.92 Å². The van der Waals surface area contributed by atoms with Gasteiger partial charge >= 0.3 is 6.09 Å². The fourth-order valence-electron chi connectivity index (χ4n) is 6.80. The molecular formula is C40H49N7O5. The van der Waals surface area contributed by atoms with Crippen LogP contribution in [0.15, 0.2) is 65.3 Å². The monoisotopic (exact) mass is 707 g/mol. The summed E-state index contributed by atoms with van der Waals surface area (Å²) < 4.78 is 10.9. The Balaban J connectivity index is 1.13. The summed E-state index contributed by atoms with van der Waals surface area (Å²) in [7, 11) is 1.28. The Morgan fingerprint density at radius 2 is 1.71 bits per heavy atom. The molecule has 12 nitrogen and oxygen atoms in total. The summed E-state index contributed by atoms with van der Waals surface area (Å²) in [5, 5.41) is 3.61. The van der Waals surface area contributed by atoms with Gasteiger partial charge in [0.25, 0.3) is 0 Å². The predicted molar refractivity (Wildman–Crippen MR) is 200 cm³/mol. The van der Waals surface area contributed by atoms with Crippen LogP contribution in [-0.2, 0) is 20.9 Å². The highest BCUT2D eigenvalue weighted by atomic mass is 16.5. The molecule has 3 amide bonds. The van der Waals surface area contributed by atoms with Crippen molar-refractivity contribution in [3.63, 3.8) is 0 Å². The van der Waals surface area contributed by atoms with E-state index in [1.807, 2.05) is 67.4 Å². The SMILES string of the molecule is CCCN(Cc1ncc(-c2ccc(-c3cc4cc(-c5cnc([C@@H]6CCCN6C(=O)C[C@H](C)CC)[nH]5)ccc4o3)cc2)[nH]1)C(=O)[C@H](CC)NC(=O)OC. The molecule has 2 aromatic carbocycles.